The number of nitrogen functional groups attached to an aromatic ring is 1. The lowest BCUT2D eigenvalue weighted by atomic mass is 10.2. The summed E-state index contributed by atoms with van der Waals surface area (Å²) in [6, 6.07) is 17.9. The highest BCUT2D eigenvalue weighted by molar-refractivity contribution is 7.22. The van der Waals surface area contributed by atoms with Gasteiger partial charge in [-0.25, -0.2) is 14.8 Å². The van der Waals surface area contributed by atoms with E-state index >= 15 is 0 Å². The van der Waals surface area contributed by atoms with Crippen molar-refractivity contribution in [1.29, 1.82) is 0 Å². The Morgan fingerprint density at radius 3 is 2.10 bits per heavy atom. The molecule has 2 aromatic carbocycles. The fourth-order valence-electron chi connectivity index (χ4n) is 3.20. The lowest BCUT2D eigenvalue weighted by Gasteiger charge is -1.99. The Labute approximate surface area is 190 Å². The van der Waals surface area contributed by atoms with Gasteiger partial charge in [0.05, 0.1) is 32.6 Å². The molecule has 0 saturated heterocycles. The summed E-state index contributed by atoms with van der Waals surface area (Å²) >= 11 is 4.60. The number of thiophene rings is 1. The monoisotopic (exact) mass is 463 g/mol. The molecule has 3 heterocycles. The zero-order valence-corrected chi connectivity index (χ0v) is 18.9. The van der Waals surface area contributed by atoms with Crippen LogP contribution in [0.3, 0.4) is 0 Å². The average Bonchev–Trinajstić information content (AvgIpc) is 3.47. The largest absolute Gasteiger partial charge is 0.462 e. The molecule has 0 atom stereocenters. The van der Waals surface area contributed by atoms with Crippen LogP contribution >= 0.6 is 34.0 Å². The molecule has 0 amide bonds. The van der Waals surface area contributed by atoms with Gasteiger partial charge in [0.1, 0.15) is 15.0 Å². The molecule has 5 aromatic rings. The number of fused-ring (bicyclic) bond motifs is 2. The Hall–Kier alpha value is -3.07. The lowest BCUT2D eigenvalue weighted by Crippen LogP contribution is -2.05. The first kappa shape index (κ1) is 19.9. The zero-order valence-electron chi connectivity index (χ0n) is 16.5. The summed E-state index contributed by atoms with van der Waals surface area (Å²) < 4.78 is 7.35. The summed E-state index contributed by atoms with van der Waals surface area (Å²) in [5, 5.41) is 2.20. The van der Waals surface area contributed by atoms with Crippen LogP contribution in [0.5, 0.6) is 0 Å². The molecule has 0 aliphatic carbocycles. The molecule has 0 unspecified atom stereocenters. The molecule has 0 bridgehead atoms. The van der Waals surface area contributed by atoms with E-state index in [1.54, 1.807) is 35.7 Å². The van der Waals surface area contributed by atoms with Crippen LogP contribution in [0.1, 0.15) is 32.2 Å². The highest BCUT2D eigenvalue weighted by Crippen LogP contribution is 2.38. The SMILES string of the molecule is CCOC(=O)c1cc(C=C(c2nc3ccccc3s2)c2nc3ccccc3s2)sc1N. The first-order valence-corrected chi connectivity index (χ1v) is 12.1. The minimum Gasteiger partial charge on any atom is -0.462 e. The number of ether oxygens (including phenoxy) is 1. The Morgan fingerprint density at radius 2 is 1.55 bits per heavy atom. The Kier molecular flexibility index (Phi) is 5.27. The minimum atomic E-state index is -0.405. The number of nitrogens with zero attached hydrogens (tertiary/aromatic N) is 2. The first-order valence-electron chi connectivity index (χ1n) is 9.62. The second-order valence-corrected chi connectivity index (χ2v) is 9.86. The van der Waals surface area contributed by atoms with Crippen molar-refractivity contribution in [2.45, 2.75) is 6.92 Å². The minimum absolute atomic E-state index is 0.307. The summed E-state index contributed by atoms with van der Waals surface area (Å²) in [5.41, 5.74) is 9.32. The first-order chi connectivity index (χ1) is 15.1. The van der Waals surface area contributed by atoms with Gasteiger partial charge < -0.3 is 10.5 Å². The van der Waals surface area contributed by atoms with Crippen LogP contribution in [0.15, 0.2) is 54.6 Å². The maximum Gasteiger partial charge on any atom is 0.341 e. The van der Waals surface area contributed by atoms with Gasteiger partial charge >= 0.3 is 5.97 Å². The molecule has 2 N–H and O–H groups in total. The second-order valence-electron chi connectivity index (χ2n) is 6.68. The summed E-state index contributed by atoms with van der Waals surface area (Å²) in [6.07, 6.45) is 2.01. The molecule has 154 valence electrons. The van der Waals surface area contributed by atoms with Crippen molar-refractivity contribution in [3.63, 3.8) is 0 Å². The molecule has 5 nitrogen and oxygen atoms in total. The number of aromatic nitrogens is 2. The van der Waals surface area contributed by atoms with E-state index in [0.717, 1.165) is 40.9 Å². The number of hydrogen-bond acceptors (Lipinski definition) is 8. The van der Waals surface area contributed by atoms with Crippen LogP contribution in [0.4, 0.5) is 5.00 Å². The van der Waals surface area contributed by atoms with Crippen molar-refractivity contribution in [3.05, 3.63) is 75.1 Å². The third kappa shape index (κ3) is 3.85. The fourth-order valence-corrected chi connectivity index (χ4v) is 6.09. The smallest absolute Gasteiger partial charge is 0.341 e. The molecule has 0 spiro atoms. The topological polar surface area (TPSA) is 78.1 Å². The van der Waals surface area contributed by atoms with Gasteiger partial charge in [-0.2, -0.15) is 0 Å². The van der Waals surface area contributed by atoms with Crippen LogP contribution < -0.4 is 5.73 Å². The maximum atomic E-state index is 12.2. The maximum absolute atomic E-state index is 12.2. The van der Waals surface area contributed by atoms with Crippen molar-refractivity contribution < 1.29 is 9.53 Å². The van der Waals surface area contributed by atoms with Gasteiger partial charge in [-0.05, 0) is 43.3 Å². The standard InChI is InChI=1S/C23H17N3O2S3/c1-2-28-23(27)14-11-13(29-20(14)24)12-15(21-25-16-7-3-5-9-18(16)30-21)22-26-17-8-4-6-10-19(17)31-22/h3-12H,2,24H2,1H3. The van der Waals surface area contributed by atoms with Gasteiger partial charge in [0, 0.05) is 10.5 Å². The average molecular weight is 464 g/mol. The number of esters is 1. The highest BCUT2D eigenvalue weighted by atomic mass is 32.1. The molecule has 31 heavy (non-hydrogen) atoms. The fraction of sp³-hybridized carbons (Fsp3) is 0.0870. The van der Waals surface area contributed by atoms with E-state index in [2.05, 4.69) is 12.1 Å². The third-order valence-corrected chi connectivity index (χ3v) is 7.66. The Bertz CT molecular complexity index is 1300. The summed E-state index contributed by atoms with van der Waals surface area (Å²) in [5.74, 6) is -0.405. The van der Waals surface area contributed by atoms with Gasteiger partial charge in [0.15, 0.2) is 0 Å². The van der Waals surface area contributed by atoms with Gasteiger partial charge in [-0.1, -0.05) is 24.3 Å². The Morgan fingerprint density at radius 1 is 0.968 bits per heavy atom. The summed E-state index contributed by atoms with van der Waals surface area (Å²) in [7, 11) is 0. The van der Waals surface area contributed by atoms with Crippen LogP contribution in [0.2, 0.25) is 0 Å². The third-order valence-electron chi connectivity index (χ3n) is 4.61. The molecule has 5 rings (SSSR count). The highest BCUT2D eigenvalue weighted by Gasteiger charge is 2.19. The molecule has 0 aliphatic rings. The van der Waals surface area contributed by atoms with Gasteiger partial charge in [-0.15, -0.1) is 34.0 Å². The van der Waals surface area contributed by atoms with Crippen molar-refractivity contribution in [2.24, 2.45) is 0 Å². The number of nitrogens with two attached hydrogens (primary N) is 1. The zero-order chi connectivity index (χ0) is 21.4. The van der Waals surface area contributed by atoms with Crippen LogP contribution in [-0.2, 0) is 4.74 Å². The molecule has 0 saturated carbocycles. The van der Waals surface area contributed by atoms with E-state index in [0.29, 0.717) is 17.2 Å². The number of carbonyl (C=O) groups is 1. The second kappa shape index (κ2) is 8.22. The molecule has 3 aromatic heterocycles. The molecule has 8 heteroatoms. The number of anilines is 1. The number of benzene rings is 2. The normalized spacial score (nSPS) is 11.1. The quantitative estimate of drug-likeness (QED) is 0.309. The molecular weight excluding hydrogens is 446 g/mol. The van der Waals surface area contributed by atoms with E-state index < -0.39 is 5.97 Å². The van der Waals surface area contributed by atoms with Gasteiger partial charge in [-0.3, -0.25) is 0 Å². The predicted molar refractivity (Wildman–Crippen MR) is 131 cm³/mol. The molecule has 0 aliphatic heterocycles. The summed E-state index contributed by atoms with van der Waals surface area (Å²) in [6.45, 7) is 2.08. The van der Waals surface area contributed by atoms with Gasteiger partial charge in [0.2, 0.25) is 0 Å². The number of para-hydroxylation sites is 2. The van der Waals surface area contributed by atoms with E-state index in [4.69, 9.17) is 20.4 Å². The van der Waals surface area contributed by atoms with Crippen LogP contribution in [0, 0.1) is 0 Å². The summed E-state index contributed by atoms with van der Waals surface area (Å²) in [4.78, 5) is 22.8. The number of thiazole rings is 2. The van der Waals surface area contributed by atoms with E-state index in [9.17, 15) is 4.79 Å². The van der Waals surface area contributed by atoms with Crippen molar-refractivity contribution in [3.8, 4) is 0 Å². The number of rotatable bonds is 5. The lowest BCUT2D eigenvalue weighted by molar-refractivity contribution is 0.0528. The van der Waals surface area contributed by atoms with Crippen molar-refractivity contribution in [1.82, 2.24) is 9.97 Å². The molecule has 0 fully saturated rings. The van der Waals surface area contributed by atoms with Crippen molar-refractivity contribution in [2.75, 3.05) is 12.3 Å². The molecule has 0 radical (unpaired) electrons. The van der Waals surface area contributed by atoms with Gasteiger partial charge in [0.25, 0.3) is 0 Å². The number of hydrogen-bond donors (Lipinski definition) is 1. The van der Waals surface area contributed by atoms with Crippen LogP contribution in [-0.4, -0.2) is 22.5 Å². The Balaban J connectivity index is 1.66. The van der Waals surface area contributed by atoms with E-state index in [-0.39, 0.29) is 0 Å². The van der Waals surface area contributed by atoms with Crippen molar-refractivity contribution >= 4 is 77.1 Å². The van der Waals surface area contributed by atoms with E-state index in [1.807, 2.05) is 42.5 Å². The van der Waals surface area contributed by atoms with Crippen LogP contribution in [0.25, 0.3) is 32.1 Å². The van der Waals surface area contributed by atoms with E-state index in [1.165, 1.54) is 11.3 Å². The molecular formula is C23H17N3O2S3. The number of carbonyl (C=O) groups excluding carboxylic acids is 1. The predicted octanol–water partition coefficient (Wildman–Crippen LogP) is 6.32.